The van der Waals surface area contributed by atoms with E-state index in [4.69, 9.17) is 0 Å². The first-order valence-electron chi connectivity index (χ1n) is 3.68. The Bertz CT molecular complexity index is 147. The summed E-state index contributed by atoms with van der Waals surface area (Å²) in [6, 6.07) is 0. The number of carbonyl (C=O) groups excluding carboxylic acids is 1. The van der Waals surface area contributed by atoms with Gasteiger partial charge in [0.25, 0.3) is 0 Å². The van der Waals surface area contributed by atoms with Crippen LogP contribution in [0.25, 0.3) is 0 Å². The molecule has 0 fully saturated rings. The number of carbonyl (C=O) groups is 1. The lowest BCUT2D eigenvalue weighted by Crippen LogP contribution is -2.00. The van der Waals surface area contributed by atoms with Crippen LogP contribution in [0.15, 0.2) is 12.2 Å². The number of allylic oxidation sites excluding steroid dienone is 2. The first-order valence-corrected chi connectivity index (χ1v) is 3.68. The monoisotopic (exact) mass is 180 g/mol. The molecule has 2 atom stereocenters. The van der Waals surface area contributed by atoms with Crippen LogP contribution in [0.1, 0.15) is 12.8 Å². The SMILES string of the molecule is O=CC(F)C=CC(F)CCCF. The quantitative estimate of drug-likeness (QED) is 0.452. The van der Waals surface area contributed by atoms with Gasteiger partial charge < -0.3 is 0 Å². The molecule has 1 nitrogen and oxygen atoms in total. The van der Waals surface area contributed by atoms with Crippen LogP contribution in [0.4, 0.5) is 13.2 Å². The van der Waals surface area contributed by atoms with Crippen molar-refractivity contribution < 1.29 is 18.0 Å². The van der Waals surface area contributed by atoms with E-state index in [1.54, 1.807) is 0 Å². The van der Waals surface area contributed by atoms with Crippen molar-refractivity contribution in [2.75, 3.05) is 6.67 Å². The number of rotatable bonds is 6. The van der Waals surface area contributed by atoms with Crippen LogP contribution in [0.3, 0.4) is 0 Å². The minimum Gasteiger partial charge on any atom is -0.300 e. The zero-order chi connectivity index (χ0) is 9.40. The second kappa shape index (κ2) is 6.88. The third-order valence-corrected chi connectivity index (χ3v) is 1.25. The van der Waals surface area contributed by atoms with Crippen LogP contribution < -0.4 is 0 Å². The molecule has 0 radical (unpaired) electrons. The minimum atomic E-state index is -1.76. The maximum absolute atomic E-state index is 12.6. The van der Waals surface area contributed by atoms with Crippen molar-refractivity contribution >= 4 is 6.29 Å². The minimum absolute atomic E-state index is 0.0264. The molecule has 0 bridgehead atoms. The van der Waals surface area contributed by atoms with Gasteiger partial charge in [-0.15, -0.1) is 0 Å². The standard InChI is InChI=1S/C8H11F3O/c9-5-1-2-7(10)3-4-8(11)6-12/h3-4,6-8H,1-2,5H2. The van der Waals surface area contributed by atoms with Gasteiger partial charge in [-0.25, -0.2) is 8.78 Å². The fraction of sp³-hybridized carbons (Fsp3) is 0.625. The average Bonchev–Trinajstić information content (AvgIpc) is 2.10. The molecule has 0 saturated heterocycles. The van der Waals surface area contributed by atoms with E-state index in [0.29, 0.717) is 0 Å². The normalized spacial score (nSPS) is 16.2. The fourth-order valence-corrected chi connectivity index (χ4v) is 0.640. The van der Waals surface area contributed by atoms with Crippen molar-refractivity contribution in [3.05, 3.63) is 12.2 Å². The van der Waals surface area contributed by atoms with E-state index in [1.807, 2.05) is 0 Å². The molecule has 0 rings (SSSR count). The largest absolute Gasteiger partial charge is 0.300 e. The molecule has 2 unspecified atom stereocenters. The molecule has 0 N–H and O–H groups in total. The molecule has 12 heavy (non-hydrogen) atoms. The molecule has 0 spiro atoms. The second-order valence-corrected chi connectivity index (χ2v) is 2.31. The Hall–Kier alpha value is -0.800. The maximum atomic E-state index is 12.6. The zero-order valence-electron chi connectivity index (χ0n) is 6.55. The Balaban J connectivity index is 3.59. The summed E-state index contributed by atoms with van der Waals surface area (Å²) < 4.78 is 36.2. The molecule has 0 aliphatic carbocycles. The van der Waals surface area contributed by atoms with Gasteiger partial charge in [0, 0.05) is 0 Å². The molecule has 4 heteroatoms. The van der Waals surface area contributed by atoms with Crippen molar-refractivity contribution in [2.24, 2.45) is 0 Å². The smallest absolute Gasteiger partial charge is 0.173 e. The molecule has 0 heterocycles. The van der Waals surface area contributed by atoms with Crippen LogP contribution in [0, 0.1) is 0 Å². The van der Waals surface area contributed by atoms with Crippen LogP contribution >= 0.6 is 0 Å². The summed E-state index contributed by atoms with van der Waals surface area (Å²) in [5.41, 5.74) is 0. The molecule has 0 aromatic carbocycles. The predicted octanol–water partition coefficient (Wildman–Crippen LogP) is 2.17. The van der Waals surface area contributed by atoms with Gasteiger partial charge in [0.15, 0.2) is 12.5 Å². The average molecular weight is 180 g/mol. The molecule has 0 amide bonds. The summed E-state index contributed by atoms with van der Waals surface area (Å²) in [5.74, 6) is 0. The van der Waals surface area contributed by atoms with Gasteiger partial charge in [-0.05, 0) is 18.9 Å². The highest BCUT2D eigenvalue weighted by Crippen LogP contribution is 2.04. The summed E-state index contributed by atoms with van der Waals surface area (Å²) in [7, 11) is 0. The Morgan fingerprint density at radius 2 is 1.92 bits per heavy atom. The summed E-state index contributed by atoms with van der Waals surface area (Å²) in [6.45, 7) is -0.582. The Labute approximate surface area is 69.3 Å². The number of aldehydes is 1. The summed E-state index contributed by atoms with van der Waals surface area (Å²) in [6.07, 6.45) is -1.14. The van der Waals surface area contributed by atoms with Gasteiger partial charge in [-0.1, -0.05) is 6.08 Å². The number of hydrogen-bond donors (Lipinski definition) is 0. The van der Waals surface area contributed by atoms with Gasteiger partial charge in [-0.3, -0.25) is 9.18 Å². The third kappa shape index (κ3) is 5.95. The zero-order valence-corrected chi connectivity index (χ0v) is 6.55. The highest BCUT2D eigenvalue weighted by atomic mass is 19.1. The van der Waals surface area contributed by atoms with E-state index in [2.05, 4.69) is 0 Å². The molecule has 0 aliphatic heterocycles. The molecule has 0 aromatic heterocycles. The van der Waals surface area contributed by atoms with Crippen molar-refractivity contribution in [2.45, 2.75) is 25.2 Å². The molecule has 0 saturated carbocycles. The van der Waals surface area contributed by atoms with E-state index in [1.165, 1.54) is 0 Å². The topological polar surface area (TPSA) is 17.1 Å². The second-order valence-electron chi connectivity index (χ2n) is 2.31. The molecule has 0 aromatic rings. The highest BCUT2D eigenvalue weighted by Gasteiger charge is 2.03. The lowest BCUT2D eigenvalue weighted by Gasteiger charge is -1.99. The van der Waals surface area contributed by atoms with E-state index in [0.717, 1.165) is 12.2 Å². The predicted molar refractivity (Wildman–Crippen MR) is 40.2 cm³/mol. The molecular formula is C8H11F3O. The van der Waals surface area contributed by atoms with Gasteiger partial charge in [0.05, 0.1) is 6.67 Å². The third-order valence-electron chi connectivity index (χ3n) is 1.25. The van der Waals surface area contributed by atoms with E-state index < -0.39 is 19.0 Å². The summed E-state index contributed by atoms with van der Waals surface area (Å²) in [5, 5.41) is 0. The van der Waals surface area contributed by atoms with Crippen molar-refractivity contribution in [1.82, 2.24) is 0 Å². The van der Waals surface area contributed by atoms with Gasteiger partial charge in [0.1, 0.15) is 6.17 Å². The van der Waals surface area contributed by atoms with Crippen molar-refractivity contribution in [3.8, 4) is 0 Å². The summed E-state index contributed by atoms with van der Waals surface area (Å²) >= 11 is 0. The number of halogens is 3. The molecular weight excluding hydrogens is 169 g/mol. The molecule has 0 aliphatic rings. The lowest BCUT2D eigenvalue weighted by atomic mass is 10.2. The van der Waals surface area contributed by atoms with Crippen LogP contribution in [-0.2, 0) is 4.79 Å². The number of hydrogen-bond acceptors (Lipinski definition) is 1. The van der Waals surface area contributed by atoms with E-state index in [9.17, 15) is 18.0 Å². The Kier molecular flexibility index (Phi) is 6.42. The highest BCUT2D eigenvalue weighted by molar-refractivity contribution is 5.58. The first-order chi connectivity index (χ1) is 5.70. The van der Waals surface area contributed by atoms with Crippen molar-refractivity contribution in [3.63, 3.8) is 0 Å². The fourth-order valence-electron chi connectivity index (χ4n) is 0.640. The molecule has 70 valence electrons. The summed E-state index contributed by atoms with van der Waals surface area (Å²) in [4.78, 5) is 9.72. The van der Waals surface area contributed by atoms with Crippen LogP contribution in [-0.4, -0.2) is 25.3 Å². The van der Waals surface area contributed by atoms with Crippen LogP contribution in [0.5, 0.6) is 0 Å². The van der Waals surface area contributed by atoms with Gasteiger partial charge in [0.2, 0.25) is 0 Å². The van der Waals surface area contributed by atoms with Gasteiger partial charge in [-0.2, -0.15) is 0 Å². The van der Waals surface area contributed by atoms with Gasteiger partial charge >= 0.3 is 0 Å². The lowest BCUT2D eigenvalue weighted by molar-refractivity contribution is -0.110. The van der Waals surface area contributed by atoms with Crippen LogP contribution in [0.2, 0.25) is 0 Å². The Morgan fingerprint density at radius 3 is 2.42 bits per heavy atom. The van der Waals surface area contributed by atoms with E-state index >= 15 is 0 Å². The maximum Gasteiger partial charge on any atom is 0.173 e. The number of alkyl halides is 3. The van der Waals surface area contributed by atoms with Crippen molar-refractivity contribution in [1.29, 1.82) is 0 Å². The van der Waals surface area contributed by atoms with E-state index in [-0.39, 0.29) is 19.1 Å². The first kappa shape index (κ1) is 11.2. The Morgan fingerprint density at radius 1 is 1.25 bits per heavy atom.